The molecule has 206 valence electrons. The molecule has 2 amide bonds. The summed E-state index contributed by atoms with van der Waals surface area (Å²) in [5, 5.41) is 5.64. The van der Waals surface area contributed by atoms with Gasteiger partial charge in [-0.1, -0.05) is 12.8 Å². The molecule has 0 radical (unpaired) electrons. The van der Waals surface area contributed by atoms with Crippen molar-refractivity contribution in [2.24, 2.45) is 5.92 Å². The second-order valence-electron chi connectivity index (χ2n) is 10.3. The van der Waals surface area contributed by atoms with Gasteiger partial charge < -0.3 is 24.9 Å². The standard InChI is InChI=1S/C26H33F3N6O3/c27-26(28,29)22-21(38-25(33-22)35-12-4-1-5-13-35)24(37)32-19-8-9-20(30-16-19)34-14-10-18(11-15-34)31-23(36)17-6-2-3-7-17/h8-9,16-18H,1-7,10-15H2,(H,31,36)(H,32,37). The van der Waals surface area contributed by atoms with Crippen LogP contribution in [0.1, 0.15) is 74.0 Å². The van der Waals surface area contributed by atoms with Gasteiger partial charge in [0.05, 0.1) is 11.9 Å². The molecule has 2 aliphatic heterocycles. The lowest BCUT2D eigenvalue weighted by molar-refractivity contribution is -0.141. The van der Waals surface area contributed by atoms with Crippen LogP contribution in [0.15, 0.2) is 22.7 Å². The minimum atomic E-state index is -4.82. The molecule has 5 rings (SSSR count). The lowest BCUT2D eigenvalue weighted by Gasteiger charge is -2.33. The van der Waals surface area contributed by atoms with Crippen molar-refractivity contribution in [1.29, 1.82) is 0 Å². The van der Waals surface area contributed by atoms with Crippen LogP contribution in [0, 0.1) is 5.92 Å². The first-order chi connectivity index (χ1) is 18.3. The van der Waals surface area contributed by atoms with E-state index in [1.54, 1.807) is 17.0 Å². The summed E-state index contributed by atoms with van der Waals surface area (Å²) in [5.41, 5.74) is -1.08. The zero-order valence-electron chi connectivity index (χ0n) is 21.2. The normalized spacial score (nSPS) is 19.6. The Morgan fingerprint density at radius 2 is 1.63 bits per heavy atom. The summed E-state index contributed by atoms with van der Waals surface area (Å²) in [7, 11) is 0. The zero-order valence-corrected chi connectivity index (χ0v) is 21.2. The van der Waals surface area contributed by atoms with Crippen molar-refractivity contribution in [3.05, 3.63) is 29.8 Å². The Balaban J connectivity index is 1.18. The molecule has 0 atom stereocenters. The highest BCUT2D eigenvalue weighted by atomic mass is 19.4. The second kappa shape index (κ2) is 11.2. The minimum Gasteiger partial charge on any atom is -0.417 e. The fourth-order valence-corrected chi connectivity index (χ4v) is 5.47. The number of rotatable bonds is 6. The topological polar surface area (TPSA) is 104 Å². The van der Waals surface area contributed by atoms with Crippen molar-refractivity contribution in [1.82, 2.24) is 15.3 Å². The second-order valence-corrected chi connectivity index (χ2v) is 10.3. The number of nitrogens with one attached hydrogen (secondary N) is 2. The number of hydrogen-bond donors (Lipinski definition) is 2. The molecule has 12 heteroatoms. The fourth-order valence-electron chi connectivity index (χ4n) is 5.47. The van der Waals surface area contributed by atoms with E-state index in [1.165, 1.54) is 6.20 Å². The molecule has 3 aliphatic rings. The molecule has 0 spiro atoms. The molecule has 2 N–H and O–H groups in total. The summed E-state index contributed by atoms with van der Waals surface area (Å²) < 4.78 is 46.1. The molecule has 0 unspecified atom stereocenters. The first kappa shape index (κ1) is 26.3. The van der Waals surface area contributed by atoms with Crippen LogP contribution < -0.4 is 20.4 Å². The first-order valence-electron chi connectivity index (χ1n) is 13.4. The molecule has 1 aliphatic carbocycles. The van der Waals surface area contributed by atoms with Gasteiger partial charge in [0.25, 0.3) is 11.9 Å². The molecule has 9 nitrogen and oxygen atoms in total. The van der Waals surface area contributed by atoms with Crippen LogP contribution in [-0.4, -0.2) is 54.0 Å². The largest absolute Gasteiger partial charge is 0.437 e. The van der Waals surface area contributed by atoms with E-state index in [4.69, 9.17) is 4.42 Å². The molecule has 38 heavy (non-hydrogen) atoms. The van der Waals surface area contributed by atoms with Crippen molar-refractivity contribution >= 4 is 29.3 Å². The number of alkyl halides is 3. The monoisotopic (exact) mass is 534 g/mol. The van der Waals surface area contributed by atoms with Crippen LogP contribution in [-0.2, 0) is 11.0 Å². The number of piperidine rings is 2. The van der Waals surface area contributed by atoms with E-state index in [9.17, 15) is 22.8 Å². The van der Waals surface area contributed by atoms with E-state index in [0.29, 0.717) is 18.9 Å². The maximum atomic E-state index is 13.6. The van der Waals surface area contributed by atoms with Crippen LogP contribution >= 0.6 is 0 Å². The van der Waals surface area contributed by atoms with Crippen molar-refractivity contribution < 1.29 is 27.2 Å². The fraction of sp³-hybridized carbons (Fsp3) is 0.615. The Kier molecular flexibility index (Phi) is 7.75. The third kappa shape index (κ3) is 6.05. The Hall–Kier alpha value is -3.31. The maximum Gasteiger partial charge on any atom is 0.437 e. The highest BCUT2D eigenvalue weighted by molar-refractivity contribution is 6.03. The molecule has 0 bridgehead atoms. The number of aromatic nitrogens is 2. The number of hydrogen-bond acceptors (Lipinski definition) is 7. The Morgan fingerprint density at radius 3 is 2.26 bits per heavy atom. The van der Waals surface area contributed by atoms with Crippen LogP contribution in [0.3, 0.4) is 0 Å². The van der Waals surface area contributed by atoms with Crippen molar-refractivity contribution in [2.45, 2.75) is 70.0 Å². The summed E-state index contributed by atoms with van der Waals surface area (Å²) in [6.45, 7) is 2.52. The van der Waals surface area contributed by atoms with E-state index in [2.05, 4.69) is 25.5 Å². The molecule has 2 aromatic rings. The van der Waals surface area contributed by atoms with Gasteiger partial charge in [-0.2, -0.15) is 18.2 Å². The highest BCUT2D eigenvalue weighted by Gasteiger charge is 2.42. The number of amides is 2. The van der Waals surface area contributed by atoms with Gasteiger partial charge in [0.15, 0.2) is 5.69 Å². The first-order valence-corrected chi connectivity index (χ1v) is 13.4. The predicted molar refractivity (Wildman–Crippen MR) is 135 cm³/mol. The Bertz CT molecular complexity index is 1120. The Morgan fingerprint density at radius 1 is 0.921 bits per heavy atom. The van der Waals surface area contributed by atoms with Gasteiger partial charge in [-0.3, -0.25) is 9.59 Å². The summed E-state index contributed by atoms with van der Waals surface area (Å²) in [5.74, 6) is -0.863. The number of nitrogens with zero attached hydrogens (tertiary/aromatic N) is 4. The van der Waals surface area contributed by atoms with Gasteiger partial charge in [0, 0.05) is 38.1 Å². The molecule has 2 saturated heterocycles. The number of pyridine rings is 1. The third-order valence-corrected chi connectivity index (χ3v) is 7.61. The van der Waals surface area contributed by atoms with E-state index >= 15 is 0 Å². The van der Waals surface area contributed by atoms with Crippen molar-refractivity contribution in [2.75, 3.05) is 41.3 Å². The van der Waals surface area contributed by atoms with E-state index in [1.807, 2.05) is 0 Å². The third-order valence-electron chi connectivity index (χ3n) is 7.61. The van der Waals surface area contributed by atoms with Crippen molar-refractivity contribution in [3.63, 3.8) is 0 Å². The van der Waals surface area contributed by atoms with Gasteiger partial charge in [-0.25, -0.2) is 4.98 Å². The lowest BCUT2D eigenvalue weighted by Crippen LogP contribution is -2.46. The molecule has 4 heterocycles. The lowest BCUT2D eigenvalue weighted by atomic mass is 10.0. The number of halogens is 3. The van der Waals surface area contributed by atoms with Crippen LogP contribution in [0.5, 0.6) is 0 Å². The number of oxazole rings is 1. The molecule has 1 saturated carbocycles. The zero-order chi connectivity index (χ0) is 26.7. The van der Waals surface area contributed by atoms with Gasteiger partial charge >= 0.3 is 6.18 Å². The van der Waals surface area contributed by atoms with Crippen LogP contribution in [0.2, 0.25) is 0 Å². The molecule has 3 fully saturated rings. The smallest absolute Gasteiger partial charge is 0.417 e. The SMILES string of the molecule is O=C(Nc1ccc(N2CCC(NC(=O)C3CCCC3)CC2)nc1)c1oc(N2CCCCC2)nc1C(F)(F)F. The van der Waals surface area contributed by atoms with E-state index in [0.717, 1.165) is 70.9 Å². The average Bonchev–Trinajstić information content (AvgIpc) is 3.61. The predicted octanol–water partition coefficient (Wildman–Crippen LogP) is 4.61. The minimum absolute atomic E-state index is 0.150. The van der Waals surface area contributed by atoms with Crippen molar-refractivity contribution in [3.8, 4) is 0 Å². The van der Waals surface area contributed by atoms with Crippen LogP contribution in [0.4, 0.5) is 30.7 Å². The van der Waals surface area contributed by atoms with Crippen LogP contribution in [0.25, 0.3) is 0 Å². The number of carbonyl (C=O) groups is 2. The molecule has 2 aromatic heterocycles. The van der Waals surface area contributed by atoms with Gasteiger partial charge in [0.2, 0.25) is 11.7 Å². The highest BCUT2D eigenvalue weighted by Crippen LogP contribution is 2.35. The van der Waals surface area contributed by atoms with Gasteiger partial charge in [-0.15, -0.1) is 0 Å². The maximum absolute atomic E-state index is 13.6. The number of anilines is 3. The average molecular weight is 535 g/mol. The summed E-state index contributed by atoms with van der Waals surface area (Å²) >= 11 is 0. The summed E-state index contributed by atoms with van der Waals surface area (Å²) in [6, 6.07) is 3.29. The number of carbonyl (C=O) groups excluding carboxylic acids is 2. The van der Waals surface area contributed by atoms with Gasteiger partial charge in [-0.05, 0) is 57.1 Å². The van der Waals surface area contributed by atoms with E-state index < -0.39 is 23.5 Å². The summed E-state index contributed by atoms with van der Waals surface area (Å²) in [4.78, 5) is 36.9. The molecular weight excluding hydrogens is 501 g/mol. The Labute approximate surface area is 219 Å². The summed E-state index contributed by atoms with van der Waals surface area (Å²) in [6.07, 6.45) is 5.07. The van der Waals surface area contributed by atoms with Gasteiger partial charge in [0.1, 0.15) is 5.82 Å². The molecule has 0 aromatic carbocycles. The quantitative estimate of drug-likeness (QED) is 0.558. The van der Waals surface area contributed by atoms with E-state index in [-0.39, 0.29) is 29.6 Å². The molecular formula is C26H33F3N6O3.